The van der Waals surface area contributed by atoms with Crippen LogP contribution in [0.4, 0.5) is 48.3 Å². The number of hydrogen-bond donors (Lipinski definition) is 0. The molecular weight excluding hydrogens is 377 g/mol. The van der Waals surface area contributed by atoms with Gasteiger partial charge in [0, 0.05) is 0 Å². The quantitative estimate of drug-likeness (QED) is 0.421. The standard InChI is InChI=1S/C6HF11O4S/c7-1(8)2(9,10)4(13,14)6(17,21-22(18,19)20)5(15,16)3(1,11)12/h(H,18,19,20)/p-1. The fourth-order valence-corrected chi connectivity index (χ4v) is 1.93. The minimum atomic E-state index is -7.54. The summed E-state index contributed by atoms with van der Waals surface area (Å²) in [7, 11) is -7.06. The van der Waals surface area contributed by atoms with E-state index in [0.29, 0.717) is 0 Å². The summed E-state index contributed by atoms with van der Waals surface area (Å²) in [6.45, 7) is 0. The van der Waals surface area contributed by atoms with Gasteiger partial charge in [-0.3, -0.25) is 0 Å². The highest BCUT2D eigenvalue weighted by atomic mass is 32.3. The second-order valence-electron chi connectivity index (χ2n) is 3.96. The van der Waals surface area contributed by atoms with Crippen LogP contribution in [0.5, 0.6) is 0 Å². The molecule has 0 spiro atoms. The largest absolute Gasteiger partial charge is 0.725 e. The number of rotatable bonds is 2. The van der Waals surface area contributed by atoms with Gasteiger partial charge in [0.25, 0.3) is 0 Å². The first-order chi connectivity index (χ1) is 9.21. The maximum atomic E-state index is 13.4. The Morgan fingerprint density at radius 3 is 1.05 bits per heavy atom. The van der Waals surface area contributed by atoms with Crippen LogP contribution in [0.15, 0.2) is 0 Å². The predicted octanol–water partition coefficient (Wildman–Crippen LogP) is 2.32. The van der Waals surface area contributed by atoms with Gasteiger partial charge < -0.3 is 4.55 Å². The minimum absolute atomic E-state index is 1.82. The average molecular weight is 377 g/mol. The van der Waals surface area contributed by atoms with Crippen LogP contribution in [0, 0.1) is 0 Å². The van der Waals surface area contributed by atoms with Crippen molar-refractivity contribution in [2.45, 2.75) is 35.5 Å². The predicted molar refractivity (Wildman–Crippen MR) is 39.4 cm³/mol. The van der Waals surface area contributed by atoms with E-state index in [4.69, 9.17) is 0 Å². The average Bonchev–Trinajstić information content (AvgIpc) is 2.23. The monoisotopic (exact) mass is 377 g/mol. The van der Waals surface area contributed by atoms with Gasteiger partial charge in [0.1, 0.15) is 0 Å². The molecule has 22 heavy (non-hydrogen) atoms. The van der Waals surface area contributed by atoms with E-state index < -0.39 is 45.9 Å². The van der Waals surface area contributed by atoms with E-state index in [0.717, 1.165) is 0 Å². The molecule has 4 nitrogen and oxygen atoms in total. The van der Waals surface area contributed by atoms with Crippen LogP contribution >= 0.6 is 0 Å². The van der Waals surface area contributed by atoms with Crippen molar-refractivity contribution in [3.8, 4) is 0 Å². The molecule has 1 fully saturated rings. The molecule has 0 heterocycles. The fourth-order valence-electron chi connectivity index (χ4n) is 1.44. The summed E-state index contributed by atoms with van der Waals surface area (Å²) in [6, 6.07) is 0. The normalized spacial score (nSPS) is 30.7. The first-order valence-electron chi connectivity index (χ1n) is 4.45. The lowest BCUT2D eigenvalue weighted by atomic mass is 9.79. The van der Waals surface area contributed by atoms with E-state index in [-0.39, 0.29) is 0 Å². The summed E-state index contributed by atoms with van der Waals surface area (Å²) >= 11 is 0. The highest BCUT2D eigenvalue weighted by Crippen LogP contribution is 2.69. The molecule has 1 aliphatic carbocycles. The molecule has 1 aliphatic rings. The Kier molecular flexibility index (Phi) is 3.60. The highest BCUT2D eigenvalue weighted by Gasteiger charge is 3.02. The summed E-state index contributed by atoms with van der Waals surface area (Å²) < 4.78 is 173. The van der Waals surface area contributed by atoms with Crippen LogP contribution in [-0.2, 0) is 14.6 Å². The zero-order valence-electron chi connectivity index (χ0n) is 9.20. The van der Waals surface area contributed by atoms with Crippen molar-refractivity contribution in [1.82, 2.24) is 0 Å². The molecule has 132 valence electrons. The van der Waals surface area contributed by atoms with Crippen LogP contribution < -0.4 is 0 Å². The summed E-state index contributed by atoms with van der Waals surface area (Å²) in [6.07, 6.45) is 0. The fraction of sp³-hybridized carbons (Fsp3) is 1.00. The third-order valence-electron chi connectivity index (χ3n) is 2.60. The van der Waals surface area contributed by atoms with Crippen molar-refractivity contribution in [2.75, 3.05) is 0 Å². The topological polar surface area (TPSA) is 66.4 Å². The lowest BCUT2D eigenvalue weighted by molar-refractivity contribution is -0.513. The lowest BCUT2D eigenvalue weighted by Gasteiger charge is -2.51. The molecule has 1 rings (SSSR count). The molecular formula is C6F11O4S-. The molecule has 0 bridgehead atoms. The molecule has 16 heteroatoms. The zero-order chi connectivity index (χ0) is 18.2. The van der Waals surface area contributed by atoms with Crippen molar-refractivity contribution in [3.63, 3.8) is 0 Å². The van der Waals surface area contributed by atoms with Crippen LogP contribution in [0.1, 0.15) is 0 Å². The number of alkyl halides is 11. The summed E-state index contributed by atoms with van der Waals surface area (Å²) in [4.78, 5) is 0. The van der Waals surface area contributed by atoms with Crippen molar-refractivity contribution >= 4 is 10.4 Å². The Labute approximate surface area is 112 Å². The van der Waals surface area contributed by atoms with Gasteiger partial charge in [-0.15, -0.1) is 0 Å². The van der Waals surface area contributed by atoms with Crippen molar-refractivity contribution in [3.05, 3.63) is 0 Å². The Hall–Kier alpha value is -0.900. The number of hydrogen-bond acceptors (Lipinski definition) is 4. The van der Waals surface area contributed by atoms with Gasteiger partial charge in [0.05, 0.1) is 0 Å². The molecule has 0 N–H and O–H groups in total. The minimum Gasteiger partial charge on any atom is -0.725 e. The van der Waals surface area contributed by atoms with Gasteiger partial charge in [-0.2, -0.15) is 48.3 Å². The van der Waals surface area contributed by atoms with E-state index in [9.17, 15) is 61.3 Å². The van der Waals surface area contributed by atoms with Gasteiger partial charge in [0.2, 0.25) is 10.4 Å². The molecule has 1 saturated carbocycles. The van der Waals surface area contributed by atoms with Crippen LogP contribution in [-0.4, -0.2) is 48.4 Å². The molecule has 0 aromatic carbocycles. The first-order valence-corrected chi connectivity index (χ1v) is 5.78. The Balaban J connectivity index is 3.85. The number of halogens is 11. The second-order valence-corrected chi connectivity index (χ2v) is 4.94. The zero-order valence-corrected chi connectivity index (χ0v) is 10.0. The van der Waals surface area contributed by atoms with Gasteiger partial charge in [-0.05, 0) is 0 Å². The second kappa shape index (κ2) is 4.14. The van der Waals surface area contributed by atoms with Crippen molar-refractivity contribution in [2.24, 2.45) is 0 Å². The third kappa shape index (κ3) is 1.79. The van der Waals surface area contributed by atoms with Gasteiger partial charge >= 0.3 is 35.5 Å². The SMILES string of the molecule is O=S(=O)([O-])OC1(F)C(F)(F)C(F)(F)C(F)(F)C(F)(F)C1(F)F. The maximum Gasteiger partial charge on any atom is 0.384 e. The van der Waals surface area contributed by atoms with Crippen LogP contribution in [0.25, 0.3) is 0 Å². The van der Waals surface area contributed by atoms with E-state index in [2.05, 4.69) is 0 Å². The molecule has 0 radical (unpaired) electrons. The Bertz CT molecular complexity index is 551. The maximum absolute atomic E-state index is 13.4. The smallest absolute Gasteiger partial charge is 0.384 e. The van der Waals surface area contributed by atoms with Gasteiger partial charge in [-0.1, -0.05) is 0 Å². The van der Waals surface area contributed by atoms with Crippen molar-refractivity contribution < 1.29 is 65.4 Å². The van der Waals surface area contributed by atoms with Gasteiger partial charge in [0.15, 0.2) is 0 Å². The molecule has 0 unspecified atom stereocenters. The van der Waals surface area contributed by atoms with Crippen molar-refractivity contribution in [1.29, 1.82) is 0 Å². The van der Waals surface area contributed by atoms with E-state index in [1.807, 2.05) is 4.18 Å². The molecule has 0 aromatic heterocycles. The highest BCUT2D eigenvalue weighted by molar-refractivity contribution is 7.80. The molecule has 0 amide bonds. The molecule has 0 saturated heterocycles. The summed E-state index contributed by atoms with van der Waals surface area (Å²) in [5.41, 5.74) is 0. The van der Waals surface area contributed by atoms with E-state index in [1.165, 1.54) is 0 Å². The Morgan fingerprint density at radius 1 is 0.591 bits per heavy atom. The molecule has 0 aromatic rings. The van der Waals surface area contributed by atoms with E-state index in [1.54, 1.807) is 0 Å². The van der Waals surface area contributed by atoms with Crippen LogP contribution in [0.2, 0.25) is 0 Å². The third-order valence-corrected chi connectivity index (χ3v) is 3.04. The molecule has 0 aliphatic heterocycles. The molecule has 0 atom stereocenters. The first kappa shape index (κ1) is 19.1. The Morgan fingerprint density at radius 2 is 0.818 bits per heavy atom. The van der Waals surface area contributed by atoms with E-state index >= 15 is 0 Å². The lowest BCUT2D eigenvalue weighted by Crippen LogP contribution is -2.84. The summed E-state index contributed by atoms with van der Waals surface area (Å²) in [5.74, 6) is -44.9. The van der Waals surface area contributed by atoms with Gasteiger partial charge in [-0.25, -0.2) is 12.6 Å². The van der Waals surface area contributed by atoms with Crippen LogP contribution in [0.3, 0.4) is 0 Å². The summed E-state index contributed by atoms with van der Waals surface area (Å²) in [5, 5.41) is 0.